The second kappa shape index (κ2) is 5.02. The highest BCUT2D eigenvalue weighted by Crippen LogP contribution is 2.26. The third-order valence-corrected chi connectivity index (χ3v) is 3.44. The van der Waals surface area contributed by atoms with E-state index in [0.717, 1.165) is 6.42 Å². The van der Waals surface area contributed by atoms with Crippen LogP contribution in [0.5, 0.6) is 0 Å². The van der Waals surface area contributed by atoms with Crippen LogP contribution in [-0.4, -0.2) is 23.6 Å². The zero-order chi connectivity index (χ0) is 12.4. The SMILES string of the molecule is Cc1nccc(NC(=O)C2OCCC2C)c1Cl. The number of aryl methyl sites for hydroxylation is 1. The van der Waals surface area contributed by atoms with Crippen LogP contribution >= 0.6 is 11.6 Å². The van der Waals surface area contributed by atoms with Crippen molar-refractivity contribution in [1.82, 2.24) is 4.98 Å². The number of rotatable bonds is 2. The third kappa shape index (κ3) is 2.58. The van der Waals surface area contributed by atoms with Crippen LogP contribution in [0.15, 0.2) is 12.3 Å². The summed E-state index contributed by atoms with van der Waals surface area (Å²) in [5.74, 6) is 0.110. The summed E-state index contributed by atoms with van der Waals surface area (Å²) in [6.45, 7) is 4.45. The molecule has 17 heavy (non-hydrogen) atoms. The van der Waals surface area contributed by atoms with Gasteiger partial charge < -0.3 is 10.1 Å². The minimum Gasteiger partial charge on any atom is -0.368 e. The number of pyridine rings is 1. The molecule has 0 aromatic carbocycles. The highest BCUT2D eigenvalue weighted by atomic mass is 35.5. The van der Waals surface area contributed by atoms with Crippen molar-refractivity contribution in [2.24, 2.45) is 5.92 Å². The largest absolute Gasteiger partial charge is 0.368 e. The van der Waals surface area contributed by atoms with E-state index < -0.39 is 0 Å². The number of nitrogens with zero attached hydrogens (tertiary/aromatic N) is 1. The van der Waals surface area contributed by atoms with Crippen LogP contribution in [0.4, 0.5) is 5.69 Å². The summed E-state index contributed by atoms with van der Waals surface area (Å²) < 4.78 is 5.40. The molecule has 1 aliphatic rings. The van der Waals surface area contributed by atoms with Gasteiger partial charge in [0.2, 0.25) is 0 Å². The van der Waals surface area contributed by atoms with Crippen molar-refractivity contribution in [3.05, 3.63) is 23.0 Å². The number of hydrogen-bond donors (Lipinski definition) is 1. The molecule has 0 aliphatic carbocycles. The molecule has 5 heteroatoms. The highest BCUT2D eigenvalue weighted by Gasteiger charge is 2.31. The lowest BCUT2D eigenvalue weighted by Crippen LogP contribution is -2.31. The van der Waals surface area contributed by atoms with Crippen LogP contribution in [0.25, 0.3) is 0 Å². The van der Waals surface area contributed by atoms with Crippen molar-refractivity contribution in [2.75, 3.05) is 11.9 Å². The summed E-state index contributed by atoms with van der Waals surface area (Å²) in [5.41, 5.74) is 1.29. The van der Waals surface area contributed by atoms with Crippen LogP contribution in [0.1, 0.15) is 19.0 Å². The van der Waals surface area contributed by atoms with E-state index in [2.05, 4.69) is 10.3 Å². The average Bonchev–Trinajstić information content (AvgIpc) is 2.71. The van der Waals surface area contributed by atoms with Crippen molar-refractivity contribution in [3.63, 3.8) is 0 Å². The number of anilines is 1. The molecule has 2 rings (SSSR count). The summed E-state index contributed by atoms with van der Waals surface area (Å²) in [4.78, 5) is 16.0. The number of carbonyl (C=O) groups excluding carboxylic acids is 1. The lowest BCUT2D eigenvalue weighted by molar-refractivity contribution is -0.126. The van der Waals surface area contributed by atoms with Gasteiger partial charge in [0, 0.05) is 12.8 Å². The van der Waals surface area contributed by atoms with Crippen LogP contribution in [0, 0.1) is 12.8 Å². The van der Waals surface area contributed by atoms with Gasteiger partial charge in [-0.05, 0) is 25.3 Å². The van der Waals surface area contributed by atoms with E-state index >= 15 is 0 Å². The second-order valence-corrected chi connectivity index (χ2v) is 4.68. The maximum Gasteiger partial charge on any atom is 0.253 e. The Morgan fingerprint density at radius 1 is 1.65 bits per heavy atom. The van der Waals surface area contributed by atoms with Crippen molar-refractivity contribution in [3.8, 4) is 0 Å². The van der Waals surface area contributed by atoms with Crippen LogP contribution < -0.4 is 5.32 Å². The highest BCUT2D eigenvalue weighted by molar-refractivity contribution is 6.34. The number of ether oxygens (including phenoxy) is 1. The maximum absolute atomic E-state index is 12.0. The molecule has 1 saturated heterocycles. The van der Waals surface area contributed by atoms with Gasteiger partial charge in [0.15, 0.2) is 0 Å². The molecule has 1 fully saturated rings. The van der Waals surface area contributed by atoms with E-state index in [1.54, 1.807) is 19.2 Å². The van der Waals surface area contributed by atoms with Crippen molar-refractivity contribution < 1.29 is 9.53 Å². The van der Waals surface area contributed by atoms with Crippen LogP contribution in [0.3, 0.4) is 0 Å². The Bertz CT molecular complexity index is 437. The van der Waals surface area contributed by atoms with E-state index in [9.17, 15) is 4.79 Å². The maximum atomic E-state index is 12.0. The van der Waals surface area contributed by atoms with Gasteiger partial charge in [0.1, 0.15) is 6.10 Å². The minimum absolute atomic E-state index is 0.137. The van der Waals surface area contributed by atoms with Gasteiger partial charge >= 0.3 is 0 Å². The average molecular weight is 255 g/mol. The number of nitrogens with one attached hydrogen (secondary N) is 1. The Morgan fingerprint density at radius 3 is 3.06 bits per heavy atom. The number of carbonyl (C=O) groups is 1. The minimum atomic E-state index is -0.375. The van der Waals surface area contributed by atoms with Gasteiger partial charge in [0.05, 0.1) is 16.4 Å². The molecule has 0 radical (unpaired) electrons. The fourth-order valence-corrected chi connectivity index (χ4v) is 2.04. The lowest BCUT2D eigenvalue weighted by Gasteiger charge is -2.15. The first kappa shape index (κ1) is 12.3. The fourth-order valence-electron chi connectivity index (χ4n) is 1.88. The van der Waals surface area contributed by atoms with Crippen molar-refractivity contribution in [2.45, 2.75) is 26.4 Å². The zero-order valence-electron chi connectivity index (χ0n) is 9.87. The summed E-state index contributed by atoms with van der Waals surface area (Å²) in [6.07, 6.45) is 2.16. The summed E-state index contributed by atoms with van der Waals surface area (Å²) >= 11 is 6.06. The van der Waals surface area contributed by atoms with Gasteiger partial charge in [0.25, 0.3) is 5.91 Å². The molecular formula is C12H15ClN2O2. The van der Waals surface area contributed by atoms with E-state index in [4.69, 9.17) is 16.3 Å². The molecule has 1 amide bonds. The first-order valence-corrected chi connectivity index (χ1v) is 6.01. The van der Waals surface area contributed by atoms with E-state index in [0.29, 0.717) is 23.0 Å². The van der Waals surface area contributed by atoms with Gasteiger partial charge in [-0.15, -0.1) is 0 Å². The number of halogens is 1. The van der Waals surface area contributed by atoms with Gasteiger partial charge in [-0.1, -0.05) is 18.5 Å². The quantitative estimate of drug-likeness (QED) is 0.882. The summed E-state index contributed by atoms with van der Waals surface area (Å²) in [5, 5.41) is 3.27. The molecule has 0 bridgehead atoms. The monoisotopic (exact) mass is 254 g/mol. The van der Waals surface area contributed by atoms with Crippen LogP contribution in [-0.2, 0) is 9.53 Å². The van der Waals surface area contributed by atoms with E-state index in [1.807, 2.05) is 6.92 Å². The Balaban J connectivity index is 2.10. The first-order chi connectivity index (χ1) is 8.09. The van der Waals surface area contributed by atoms with Crippen LogP contribution in [0.2, 0.25) is 5.02 Å². The number of hydrogen-bond acceptors (Lipinski definition) is 3. The number of amides is 1. The van der Waals surface area contributed by atoms with E-state index in [1.165, 1.54) is 0 Å². The topological polar surface area (TPSA) is 51.2 Å². The standard InChI is InChI=1S/C12H15ClN2O2/c1-7-4-6-17-11(7)12(16)15-9-3-5-14-8(2)10(9)13/h3,5,7,11H,4,6H2,1-2H3,(H,14,15,16). The lowest BCUT2D eigenvalue weighted by atomic mass is 10.0. The number of aromatic nitrogens is 1. The molecule has 1 aromatic heterocycles. The van der Waals surface area contributed by atoms with Gasteiger partial charge in [-0.3, -0.25) is 9.78 Å². The molecule has 1 aliphatic heterocycles. The normalized spacial score (nSPS) is 23.7. The molecule has 0 saturated carbocycles. The van der Waals surface area contributed by atoms with Gasteiger partial charge in [-0.2, -0.15) is 0 Å². The Labute approximate surface area is 105 Å². The first-order valence-electron chi connectivity index (χ1n) is 5.63. The van der Waals surface area contributed by atoms with Gasteiger partial charge in [-0.25, -0.2) is 0 Å². The second-order valence-electron chi connectivity index (χ2n) is 4.30. The third-order valence-electron chi connectivity index (χ3n) is 2.97. The summed E-state index contributed by atoms with van der Waals surface area (Å²) in [6, 6.07) is 1.69. The van der Waals surface area contributed by atoms with E-state index in [-0.39, 0.29) is 17.9 Å². The predicted octanol–water partition coefficient (Wildman–Crippen LogP) is 2.41. The fraction of sp³-hybridized carbons (Fsp3) is 0.500. The molecule has 1 aromatic rings. The molecule has 2 unspecified atom stereocenters. The smallest absolute Gasteiger partial charge is 0.253 e. The predicted molar refractivity (Wildman–Crippen MR) is 66.1 cm³/mol. The zero-order valence-corrected chi connectivity index (χ0v) is 10.6. The molecule has 2 heterocycles. The molecule has 4 nitrogen and oxygen atoms in total. The molecule has 92 valence electrons. The van der Waals surface area contributed by atoms with Crippen molar-refractivity contribution in [1.29, 1.82) is 0 Å². The Kier molecular flexibility index (Phi) is 3.64. The Morgan fingerprint density at radius 2 is 2.41 bits per heavy atom. The van der Waals surface area contributed by atoms with Crippen molar-refractivity contribution >= 4 is 23.2 Å². The summed E-state index contributed by atoms with van der Waals surface area (Å²) in [7, 11) is 0. The Hall–Kier alpha value is -1.13. The molecular weight excluding hydrogens is 240 g/mol. The molecule has 2 atom stereocenters. The molecule has 0 spiro atoms. The molecule has 1 N–H and O–H groups in total.